The number of hydrogen-bond acceptors (Lipinski definition) is 3. The molecule has 0 saturated carbocycles. The minimum absolute atomic E-state index is 0.547. The number of rotatable bonds is 3. The third-order valence-electron chi connectivity index (χ3n) is 1.39. The van der Waals surface area contributed by atoms with Crippen molar-refractivity contribution in [1.29, 1.82) is 5.41 Å². The maximum Gasteiger partial charge on any atom is 0.0987 e. The zero-order valence-corrected chi connectivity index (χ0v) is 8.06. The molecule has 0 aliphatic heterocycles. The van der Waals surface area contributed by atoms with Gasteiger partial charge in [-0.1, -0.05) is 19.9 Å². The minimum atomic E-state index is 0.547. The summed E-state index contributed by atoms with van der Waals surface area (Å²) in [4.78, 5) is 5.11. The van der Waals surface area contributed by atoms with E-state index in [1.165, 1.54) is 6.21 Å². The molecule has 2 nitrogen and oxygen atoms in total. The summed E-state index contributed by atoms with van der Waals surface area (Å²) in [5, 5.41) is 7.07. The number of aromatic nitrogens is 1. The molecular formula is C9H12N2S. The Hall–Kier alpha value is -0.960. The van der Waals surface area contributed by atoms with Crippen LogP contribution in [0.3, 0.4) is 0 Å². The predicted octanol–water partition coefficient (Wildman–Crippen LogP) is 2.81. The fourth-order valence-electron chi connectivity index (χ4n) is 0.777. The second kappa shape index (κ2) is 4.16. The smallest absolute Gasteiger partial charge is 0.0987 e. The van der Waals surface area contributed by atoms with Crippen LogP contribution in [0.1, 0.15) is 24.4 Å². The number of thiazole rings is 1. The second-order valence-corrected chi connectivity index (χ2v) is 3.74. The number of allylic oxidation sites excluding steroid dienone is 1. The van der Waals surface area contributed by atoms with Crippen LogP contribution in [-0.2, 0) is 0 Å². The van der Waals surface area contributed by atoms with Gasteiger partial charge in [0.15, 0.2) is 0 Å². The van der Waals surface area contributed by atoms with Crippen LogP contribution in [0.15, 0.2) is 11.6 Å². The lowest BCUT2D eigenvalue weighted by Gasteiger charge is -1.92. The lowest BCUT2D eigenvalue weighted by atomic mass is 10.2. The molecule has 1 N–H and O–H groups in total. The van der Waals surface area contributed by atoms with Crippen LogP contribution in [0.25, 0.3) is 6.08 Å². The monoisotopic (exact) mass is 180 g/mol. The van der Waals surface area contributed by atoms with Crippen molar-refractivity contribution in [3.05, 3.63) is 22.2 Å². The molecule has 0 saturated heterocycles. The molecule has 64 valence electrons. The van der Waals surface area contributed by atoms with E-state index in [0.717, 1.165) is 10.6 Å². The minimum Gasteiger partial charge on any atom is -0.306 e. The summed E-state index contributed by atoms with van der Waals surface area (Å²) in [6.45, 7) is 4.25. The van der Waals surface area contributed by atoms with Gasteiger partial charge in [-0.3, -0.25) is 0 Å². The average molecular weight is 180 g/mol. The first-order chi connectivity index (χ1) is 5.74. The summed E-state index contributed by atoms with van der Waals surface area (Å²) < 4.78 is 0. The number of nitrogens with zero attached hydrogens (tertiary/aromatic N) is 1. The van der Waals surface area contributed by atoms with Crippen LogP contribution in [-0.4, -0.2) is 11.2 Å². The summed E-state index contributed by atoms with van der Waals surface area (Å²) in [6, 6.07) is 0. The molecule has 0 unspecified atom stereocenters. The van der Waals surface area contributed by atoms with Crippen molar-refractivity contribution in [2.45, 2.75) is 13.8 Å². The first-order valence-corrected chi connectivity index (χ1v) is 4.74. The van der Waals surface area contributed by atoms with E-state index in [2.05, 4.69) is 24.9 Å². The van der Waals surface area contributed by atoms with Gasteiger partial charge in [-0.2, -0.15) is 0 Å². The third kappa shape index (κ3) is 2.27. The Bertz CT molecular complexity index is 286. The molecule has 1 rings (SSSR count). The van der Waals surface area contributed by atoms with Gasteiger partial charge < -0.3 is 5.41 Å². The average Bonchev–Trinajstić information content (AvgIpc) is 2.47. The van der Waals surface area contributed by atoms with Gasteiger partial charge in [0.25, 0.3) is 0 Å². The molecule has 3 heteroatoms. The van der Waals surface area contributed by atoms with E-state index < -0.39 is 0 Å². The van der Waals surface area contributed by atoms with E-state index in [0.29, 0.717) is 5.92 Å². The van der Waals surface area contributed by atoms with Gasteiger partial charge in [-0.25, -0.2) is 4.98 Å². The van der Waals surface area contributed by atoms with Crippen LogP contribution < -0.4 is 0 Å². The molecule has 1 heterocycles. The number of hydrogen-bond donors (Lipinski definition) is 1. The fourth-order valence-corrected chi connectivity index (χ4v) is 1.45. The van der Waals surface area contributed by atoms with Crippen molar-refractivity contribution >= 4 is 23.6 Å². The molecule has 0 aliphatic rings. The molecule has 0 radical (unpaired) electrons. The molecule has 0 bridgehead atoms. The Morgan fingerprint density at radius 1 is 1.58 bits per heavy atom. The molecule has 1 aromatic rings. The van der Waals surface area contributed by atoms with Crippen molar-refractivity contribution in [3.8, 4) is 0 Å². The van der Waals surface area contributed by atoms with E-state index in [9.17, 15) is 0 Å². The van der Waals surface area contributed by atoms with Crippen LogP contribution in [0, 0.1) is 11.3 Å². The van der Waals surface area contributed by atoms with Crippen LogP contribution in [0.4, 0.5) is 0 Å². The van der Waals surface area contributed by atoms with Gasteiger partial charge in [-0.15, -0.1) is 11.3 Å². The third-order valence-corrected chi connectivity index (χ3v) is 2.20. The molecule has 0 spiro atoms. The Balaban J connectivity index is 2.81. The highest BCUT2D eigenvalue weighted by atomic mass is 32.1. The first kappa shape index (κ1) is 9.13. The van der Waals surface area contributed by atoms with Gasteiger partial charge in [0.1, 0.15) is 0 Å². The Morgan fingerprint density at radius 2 is 2.33 bits per heavy atom. The van der Waals surface area contributed by atoms with Gasteiger partial charge >= 0.3 is 0 Å². The molecule has 1 aromatic heterocycles. The zero-order chi connectivity index (χ0) is 8.97. The van der Waals surface area contributed by atoms with Crippen molar-refractivity contribution in [2.24, 2.45) is 5.92 Å². The number of nitrogens with one attached hydrogen (secondary N) is 1. The standard InChI is InChI=1S/C9H12N2S/c1-7(2)3-4-9-8(5-10)11-6-12-9/h3-7,10H,1-2H3/b4-3-,10-5?. The van der Waals surface area contributed by atoms with E-state index in [1.54, 1.807) is 16.8 Å². The molecule has 0 aliphatic carbocycles. The Morgan fingerprint density at radius 3 is 2.92 bits per heavy atom. The lowest BCUT2D eigenvalue weighted by molar-refractivity contribution is 0.836. The van der Waals surface area contributed by atoms with Gasteiger partial charge in [0, 0.05) is 6.21 Å². The van der Waals surface area contributed by atoms with Gasteiger partial charge in [-0.05, 0) is 12.0 Å². The normalized spacial score (nSPS) is 11.2. The lowest BCUT2D eigenvalue weighted by Crippen LogP contribution is -1.82. The summed E-state index contributed by atoms with van der Waals surface area (Å²) in [7, 11) is 0. The summed E-state index contributed by atoms with van der Waals surface area (Å²) in [6.07, 6.45) is 5.43. The highest BCUT2D eigenvalue weighted by Crippen LogP contribution is 2.14. The Kier molecular flexibility index (Phi) is 3.17. The largest absolute Gasteiger partial charge is 0.306 e. The highest BCUT2D eigenvalue weighted by molar-refractivity contribution is 7.10. The van der Waals surface area contributed by atoms with E-state index in [1.807, 2.05) is 6.08 Å². The van der Waals surface area contributed by atoms with Crippen molar-refractivity contribution in [2.75, 3.05) is 0 Å². The van der Waals surface area contributed by atoms with Gasteiger partial charge in [0.05, 0.1) is 16.1 Å². The molecule has 0 amide bonds. The van der Waals surface area contributed by atoms with Crippen molar-refractivity contribution < 1.29 is 0 Å². The second-order valence-electron chi connectivity index (χ2n) is 2.85. The first-order valence-electron chi connectivity index (χ1n) is 3.86. The maximum atomic E-state index is 7.07. The van der Waals surface area contributed by atoms with Gasteiger partial charge in [0.2, 0.25) is 0 Å². The predicted molar refractivity (Wildman–Crippen MR) is 53.9 cm³/mol. The van der Waals surface area contributed by atoms with E-state index in [-0.39, 0.29) is 0 Å². The van der Waals surface area contributed by atoms with Crippen LogP contribution in [0.2, 0.25) is 0 Å². The zero-order valence-electron chi connectivity index (χ0n) is 7.24. The van der Waals surface area contributed by atoms with Crippen LogP contribution in [0.5, 0.6) is 0 Å². The topological polar surface area (TPSA) is 36.7 Å². The fraction of sp³-hybridized carbons (Fsp3) is 0.333. The van der Waals surface area contributed by atoms with E-state index >= 15 is 0 Å². The molecular weight excluding hydrogens is 168 g/mol. The van der Waals surface area contributed by atoms with Crippen LogP contribution >= 0.6 is 11.3 Å². The molecule has 0 atom stereocenters. The van der Waals surface area contributed by atoms with Crippen molar-refractivity contribution in [3.63, 3.8) is 0 Å². The maximum absolute atomic E-state index is 7.07. The van der Waals surface area contributed by atoms with E-state index in [4.69, 9.17) is 5.41 Å². The van der Waals surface area contributed by atoms with Crippen molar-refractivity contribution in [1.82, 2.24) is 4.98 Å². The molecule has 0 fully saturated rings. The summed E-state index contributed by atoms with van der Waals surface area (Å²) >= 11 is 1.57. The highest BCUT2D eigenvalue weighted by Gasteiger charge is 1.98. The molecule has 0 aromatic carbocycles. The quantitative estimate of drug-likeness (QED) is 0.713. The summed E-state index contributed by atoms with van der Waals surface area (Å²) in [5.41, 5.74) is 2.53. The molecule has 12 heavy (non-hydrogen) atoms. The summed E-state index contributed by atoms with van der Waals surface area (Å²) in [5.74, 6) is 0.547. The SMILES string of the molecule is CC(C)/C=C\c1scnc1C=N. The Labute approximate surface area is 76.5 Å².